The van der Waals surface area contributed by atoms with Crippen molar-refractivity contribution in [2.24, 2.45) is 5.92 Å². The molecule has 2 amide bonds. The Morgan fingerprint density at radius 1 is 1.09 bits per heavy atom. The van der Waals surface area contributed by atoms with Crippen LogP contribution in [0.3, 0.4) is 0 Å². The molecule has 164 valence electrons. The highest BCUT2D eigenvalue weighted by atomic mass is 16.2. The molecule has 32 heavy (non-hydrogen) atoms. The summed E-state index contributed by atoms with van der Waals surface area (Å²) in [4.78, 5) is 32.3. The van der Waals surface area contributed by atoms with E-state index in [0.717, 1.165) is 17.8 Å². The summed E-state index contributed by atoms with van der Waals surface area (Å²) in [7, 11) is 0. The van der Waals surface area contributed by atoms with Gasteiger partial charge in [-0.15, -0.1) is 0 Å². The van der Waals surface area contributed by atoms with Crippen molar-refractivity contribution in [2.45, 2.75) is 38.6 Å². The minimum absolute atomic E-state index is 0.0661. The van der Waals surface area contributed by atoms with Crippen LogP contribution in [0.1, 0.15) is 70.8 Å². The van der Waals surface area contributed by atoms with E-state index in [0.29, 0.717) is 29.4 Å². The number of nitrogens with one attached hydrogen (secondary N) is 1. The van der Waals surface area contributed by atoms with Gasteiger partial charge in [-0.3, -0.25) is 14.3 Å². The van der Waals surface area contributed by atoms with E-state index in [1.165, 1.54) is 12.8 Å². The molecule has 2 aliphatic rings. The zero-order valence-electron chi connectivity index (χ0n) is 18.4. The molecule has 1 aliphatic heterocycles. The van der Waals surface area contributed by atoms with Crippen LogP contribution >= 0.6 is 0 Å². The van der Waals surface area contributed by atoms with Crippen LogP contribution < -0.4 is 10.2 Å². The minimum atomic E-state index is -0.186. The second-order valence-corrected chi connectivity index (χ2v) is 8.94. The van der Waals surface area contributed by atoms with Gasteiger partial charge in [0.2, 0.25) is 0 Å². The predicted octanol–water partition coefficient (Wildman–Crippen LogP) is 3.79. The SMILES string of the molecule is CC(C)n1cnc([C@@H]2CN(C(=O)c3ccccc3)c3ccc(C(=O)NCC4CC4)cc32)n1. The van der Waals surface area contributed by atoms with Crippen molar-refractivity contribution < 1.29 is 9.59 Å². The average Bonchev–Trinajstić information content (AvgIpc) is 3.37. The Morgan fingerprint density at radius 2 is 1.88 bits per heavy atom. The van der Waals surface area contributed by atoms with Gasteiger partial charge in [-0.25, -0.2) is 4.98 Å². The van der Waals surface area contributed by atoms with Gasteiger partial charge in [0, 0.05) is 35.9 Å². The molecule has 0 unspecified atom stereocenters. The van der Waals surface area contributed by atoms with Crippen molar-refractivity contribution >= 4 is 17.5 Å². The number of fused-ring (bicyclic) bond motifs is 1. The van der Waals surface area contributed by atoms with E-state index in [4.69, 9.17) is 0 Å². The molecule has 2 aromatic carbocycles. The summed E-state index contributed by atoms with van der Waals surface area (Å²) in [5.41, 5.74) is 2.95. The Balaban J connectivity index is 1.50. The first-order valence-corrected chi connectivity index (χ1v) is 11.2. The topological polar surface area (TPSA) is 80.1 Å². The predicted molar refractivity (Wildman–Crippen MR) is 122 cm³/mol. The van der Waals surface area contributed by atoms with Crippen LogP contribution in [0.25, 0.3) is 0 Å². The maximum absolute atomic E-state index is 13.3. The van der Waals surface area contributed by atoms with Gasteiger partial charge in [-0.1, -0.05) is 18.2 Å². The van der Waals surface area contributed by atoms with E-state index < -0.39 is 0 Å². The highest BCUT2D eigenvalue weighted by molar-refractivity contribution is 6.08. The summed E-state index contributed by atoms with van der Waals surface area (Å²) in [6.07, 6.45) is 4.11. The molecule has 1 saturated carbocycles. The molecule has 3 aromatic rings. The summed E-state index contributed by atoms with van der Waals surface area (Å²) < 4.78 is 1.82. The van der Waals surface area contributed by atoms with Crippen LogP contribution in [0.4, 0.5) is 5.69 Å². The number of hydrogen-bond donors (Lipinski definition) is 1. The van der Waals surface area contributed by atoms with E-state index in [1.807, 2.05) is 47.1 Å². The van der Waals surface area contributed by atoms with Gasteiger partial charge in [0.1, 0.15) is 6.33 Å². The lowest BCUT2D eigenvalue weighted by Gasteiger charge is -2.18. The first-order chi connectivity index (χ1) is 15.5. The standard InChI is InChI=1S/C25H27N5O2/c1-16(2)30-15-27-23(28-30)21-14-29(25(32)18-6-4-3-5-7-18)22-11-10-19(12-20(21)22)24(31)26-13-17-8-9-17/h3-7,10-12,15-17,21H,8-9,13-14H2,1-2H3,(H,26,31)/t21-/m1/s1. The Kier molecular flexibility index (Phi) is 5.25. The zero-order valence-corrected chi connectivity index (χ0v) is 18.4. The maximum Gasteiger partial charge on any atom is 0.258 e. The average molecular weight is 430 g/mol. The Bertz CT molecular complexity index is 1150. The van der Waals surface area contributed by atoms with E-state index in [1.54, 1.807) is 17.3 Å². The first-order valence-electron chi connectivity index (χ1n) is 11.2. The Hall–Kier alpha value is -3.48. The second kappa shape index (κ2) is 8.22. The first kappa shape index (κ1) is 20.4. The third-order valence-electron chi connectivity index (χ3n) is 6.20. The van der Waals surface area contributed by atoms with Crippen LogP contribution in [0.15, 0.2) is 54.9 Å². The van der Waals surface area contributed by atoms with Crippen molar-refractivity contribution in [3.05, 3.63) is 77.4 Å². The fraction of sp³-hybridized carbons (Fsp3) is 0.360. The van der Waals surface area contributed by atoms with Gasteiger partial charge in [0.05, 0.1) is 5.92 Å². The van der Waals surface area contributed by atoms with Crippen LogP contribution in [0, 0.1) is 5.92 Å². The number of carbonyl (C=O) groups is 2. The third-order valence-corrected chi connectivity index (χ3v) is 6.20. The molecule has 1 atom stereocenters. The van der Waals surface area contributed by atoms with Crippen molar-refractivity contribution in [2.75, 3.05) is 18.0 Å². The molecular weight excluding hydrogens is 402 g/mol. The van der Waals surface area contributed by atoms with Gasteiger partial charge in [-0.05, 0) is 68.5 Å². The van der Waals surface area contributed by atoms with Crippen LogP contribution in [-0.2, 0) is 0 Å². The molecule has 2 heterocycles. The number of carbonyl (C=O) groups excluding carboxylic acids is 2. The monoisotopic (exact) mass is 429 g/mol. The van der Waals surface area contributed by atoms with Crippen molar-refractivity contribution in [1.29, 1.82) is 0 Å². The number of amides is 2. The summed E-state index contributed by atoms with van der Waals surface area (Å²) in [6.45, 7) is 5.26. The van der Waals surface area contributed by atoms with Gasteiger partial charge < -0.3 is 10.2 Å². The van der Waals surface area contributed by atoms with E-state index >= 15 is 0 Å². The van der Waals surface area contributed by atoms with Crippen molar-refractivity contribution in [3.8, 4) is 0 Å². The van der Waals surface area contributed by atoms with Crippen molar-refractivity contribution in [1.82, 2.24) is 20.1 Å². The molecule has 5 rings (SSSR count). The number of rotatable bonds is 6. The highest BCUT2D eigenvalue weighted by Gasteiger charge is 2.36. The fourth-order valence-electron chi connectivity index (χ4n) is 4.11. The molecule has 1 fully saturated rings. The molecule has 1 aliphatic carbocycles. The Morgan fingerprint density at radius 3 is 2.56 bits per heavy atom. The molecule has 1 aromatic heterocycles. The molecule has 1 N–H and O–H groups in total. The van der Waals surface area contributed by atoms with Gasteiger partial charge >= 0.3 is 0 Å². The lowest BCUT2D eigenvalue weighted by Crippen LogP contribution is -2.30. The molecule has 0 radical (unpaired) electrons. The summed E-state index contributed by atoms with van der Waals surface area (Å²) in [6, 6.07) is 15.0. The largest absolute Gasteiger partial charge is 0.352 e. The molecule has 0 spiro atoms. The molecule has 0 bridgehead atoms. The normalized spacial score (nSPS) is 17.5. The van der Waals surface area contributed by atoms with E-state index in [-0.39, 0.29) is 23.8 Å². The molecule has 0 saturated heterocycles. The number of aromatic nitrogens is 3. The number of benzene rings is 2. The van der Waals surface area contributed by atoms with Gasteiger partial charge in [-0.2, -0.15) is 5.10 Å². The summed E-state index contributed by atoms with van der Waals surface area (Å²) >= 11 is 0. The lowest BCUT2D eigenvalue weighted by atomic mass is 9.98. The third kappa shape index (κ3) is 3.90. The molecule has 7 nitrogen and oxygen atoms in total. The van der Waals surface area contributed by atoms with Gasteiger partial charge in [0.15, 0.2) is 5.82 Å². The number of anilines is 1. The fourth-order valence-corrected chi connectivity index (χ4v) is 4.11. The smallest absolute Gasteiger partial charge is 0.258 e. The van der Waals surface area contributed by atoms with Crippen LogP contribution in [0.5, 0.6) is 0 Å². The summed E-state index contributed by atoms with van der Waals surface area (Å²) in [5.74, 6) is 0.951. The summed E-state index contributed by atoms with van der Waals surface area (Å²) in [5, 5.41) is 7.70. The van der Waals surface area contributed by atoms with Gasteiger partial charge in [0.25, 0.3) is 11.8 Å². The minimum Gasteiger partial charge on any atom is -0.352 e. The Labute approximate surface area is 187 Å². The van der Waals surface area contributed by atoms with Crippen molar-refractivity contribution in [3.63, 3.8) is 0 Å². The zero-order chi connectivity index (χ0) is 22.2. The second-order valence-electron chi connectivity index (χ2n) is 8.94. The quantitative estimate of drug-likeness (QED) is 0.647. The highest BCUT2D eigenvalue weighted by Crippen LogP contribution is 2.40. The number of nitrogens with zero attached hydrogens (tertiary/aromatic N) is 4. The number of hydrogen-bond acceptors (Lipinski definition) is 4. The van der Waals surface area contributed by atoms with Crippen LogP contribution in [-0.4, -0.2) is 39.7 Å². The maximum atomic E-state index is 13.3. The molecule has 7 heteroatoms. The van der Waals surface area contributed by atoms with E-state index in [9.17, 15) is 9.59 Å². The lowest BCUT2D eigenvalue weighted by molar-refractivity contribution is 0.0950. The van der Waals surface area contributed by atoms with E-state index in [2.05, 4.69) is 29.2 Å². The van der Waals surface area contributed by atoms with Crippen LogP contribution in [0.2, 0.25) is 0 Å². The molecular formula is C25H27N5O2.